The number of amides is 1. The molecule has 0 bridgehead atoms. The van der Waals surface area contributed by atoms with Crippen LogP contribution in [0.2, 0.25) is 5.02 Å². The SMILES string of the molecule is Cc1nc(CNc2ncc(C(N)=O)cc2Cl)c(C)s1. The van der Waals surface area contributed by atoms with E-state index in [1.807, 2.05) is 13.8 Å². The van der Waals surface area contributed by atoms with E-state index in [9.17, 15) is 4.79 Å². The Bertz CT molecular complexity index is 626. The third-order valence-electron chi connectivity index (χ3n) is 2.55. The molecule has 2 aromatic rings. The first kappa shape index (κ1) is 13.8. The maximum atomic E-state index is 11.0. The molecule has 2 rings (SSSR count). The number of nitrogens with one attached hydrogen (secondary N) is 1. The lowest BCUT2D eigenvalue weighted by molar-refractivity contribution is 0.1000. The lowest BCUT2D eigenvalue weighted by atomic mass is 10.2. The highest BCUT2D eigenvalue weighted by Crippen LogP contribution is 2.22. The molecule has 0 aromatic carbocycles. The molecule has 0 aliphatic rings. The van der Waals surface area contributed by atoms with E-state index < -0.39 is 5.91 Å². The Balaban J connectivity index is 2.12. The molecule has 0 unspecified atom stereocenters. The minimum Gasteiger partial charge on any atom is -0.366 e. The van der Waals surface area contributed by atoms with Crippen LogP contribution < -0.4 is 11.1 Å². The predicted octanol–water partition coefficient (Wildman–Crippen LogP) is 2.52. The zero-order valence-corrected chi connectivity index (χ0v) is 12.1. The van der Waals surface area contributed by atoms with E-state index >= 15 is 0 Å². The quantitative estimate of drug-likeness (QED) is 0.908. The van der Waals surface area contributed by atoms with Crippen LogP contribution >= 0.6 is 22.9 Å². The molecule has 3 N–H and O–H groups in total. The van der Waals surface area contributed by atoms with Crippen LogP contribution in [0.25, 0.3) is 0 Å². The van der Waals surface area contributed by atoms with Crippen molar-refractivity contribution in [1.82, 2.24) is 9.97 Å². The molecule has 2 aromatic heterocycles. The molecule has 19 heavy (non-hydrogen) atoms. The number of hydrogen-bond acceptors (Lipinski definition) is 5. The van der Waals surface area contributed by atoms with Crippen molar-refractivity contribution in [2.45, 2.75) is 20.4 Å². The average Bonchev–Trinajstić information content (AvgIpc) is 2.66. The van der Waals surface area contributed by atoms with Gasteiger partial charge in [-0.3, -0.25) is 4.79 Å². The number of carbonyl (C=O) groups excluding carboxylic acids is 1. The first-order valence-corrected chi connectivity index (χ1v) is 6.79. The van der Waals surface area contributed by atoms with Crippen molar-refractivity contribution in [2.24, 2.45) is 5.73 Å². The summed E-state index contributed by atoms with van der Waals surface area (Å²) in [5.41, 5.74) is 6.41. The standard InChI is InChI=1S/C12H13ClN4OS/c1-6-10(17-7(2)19-6)5-16-12-9(13)3-8(4-15-12)11(14)18/h3-4H,5H2,1-2H3,(H2,14,18)(H,15,16). The summed E-state index contributed by atoms with van der Waals surface area (Å²) in [7, 11) is 0. The molecule has 0 fully saturated rings. The van der Waals surface area contributed by atoms with E-state index in [0.29, 0.717) is 17.4 Å². The first-order chi connectivity index (χ1) is 8.97. The number of pyridine rings is 1. The van der Waals surface area contributed by atoms with Crippen LogP contribution in [0.5, 0.6) is 0 Å². The molecule has 100 valence electrons. The second-order valence-electron chi connectivity index (χ2n) is 4.01. The fraction of sp³-hybridized carbons (Fsp3) is 0.250. The van der Waals surface area contributed by atoms with Crippen molar-refractivity contribution < 1.29 is 4.79 Å². The summed E-state index contributed by atoms with van der Waals surface area (Å²) in [5, 5.41) is 4.49. The minimum absolute atomic E-state index is 0.288. The minimum atomic E-state index is -0.549. The molecule has 0 saturated heterocycles. The van der Waals surface area contributed by atoms with Crippen LogP contribution in [0.4, 0.5) is 5.82 Å². The molecule has 5 nitrogen and oxygen atoms in total. The Morgan fingerprint density at radius 1 is 1.53 bits per heavy atom. The molecule has 1 amide bonds. The van der Waals surface area contributed by atoms with Crippen molar-refractivity contribution in [1.29, 1.82) is 0 Å². The van der Waals surface area contributed by atoms with Gasteiger partial charge in [-0.2, -0.15) is 0 Å². The summed E-state index contributed by atoms with van der Waals surface area (Å²) in [6, 6.07) is 1.50. The van der Waals surface area contributed by atoms with Crippen LogP contribution in [0.15, 0.2) is 12.3 Å². The maximum Gasteiger partial charge on any atom is 0.250 e. The fourth-order valence-corrected chi connectivity index (χ4v) is 2.67. The topological polar surface area (TPSA) is 80.9 Å². The maximum absolute atomic E-state index is 11.0. The van der Waals surface area contributed by atoms with Crippen molar-refractivity contribution >= 4 is 34.7 Å². The van der Waals surface area contributed by atoms with E-state index in [4.69, 9.17) is 17.3 Å². The number of carbonyl (C=O) groups is 1. The fourth-order valence-electron chi connectivity index (χ4n) is 1.61. The third kappa shape index (κ3) is 3.21. The summed E-state index contributed by atoms with van der Waals surface area (Å²) >= 11 is 7.68. The van der Waals surface area contributed by atoms with Gasteiger partial charge in [-0.25, -0.2) is 9.97 Å². The second kappa shape index (κ2) is 5.54. The van der Waals surface area contributed by atoms with Gasteiger partial charge in [-0.05, 0) is 19.9 Å². The summed E-state index contributed by atoms with van der Waals surface area (Å²) in [6.45, 7) is 4.53. The Morgan fingerprint density at radius 3 is 2.79 bits per heavy atom. The molecule has 2 heterocycles. The monoisotopic (exact) mass is 296 g/mol. The summed E-state index contributed by atoms with van der Waals surface area (Å²) in [5.74, 6) is -0.0383. The molecular weight excluding hydrogens is 284 g/mol. The van der Waals surface area contributed by atoms with Gasteiger partial charge in [0.05, 0.1) is 27.8 Å². The summed E-state index contributed by atoms with van der Waals surface area (Å²) < 4.78 is 0. The Kier molecular flexibility index (Phi) is 4.01. The summed E-state index contributed by atoms with van der Waals surface area (Å²) in [6.07, 6.45) is 1.40. The Hall–Kier alpha value is -1.66. The van der Waals surface area contributed by atoms with Crippen LogP contribution in [0.3, 0.4) is 0 Å². The highest BCUT2D eigenvalue weighted by molar-refractivity contribution is 7.11. The first-order valence-electron chi connectivity index (χ1n) is 5.59. The van der Waals surface area contributed by atoms with E-state index in [1.54, 1.807) is 11.3 Å². The van der Waals surface area contributed by atoms with E-state index in [2.05, 4.69) is 15.3 Å². The van der Waals surface area contributed by atoms with Gasteiger partial charge in [0.25, 0.3) is 0 Å². The lowest BCUT2D eigenvalue weighted by Gasteiger charge is -2.07. The van der Waals surface area contributed by atoms with Crippen LogP contribution in [-0.2, 0) is 6.54 Å². The molecule has 0 aliphatic heterocycles. The zero-order chi connectivity index (χ0) is 14.0. The molecule has 7 heteroatoms. The highest BCUT2D eigenvalue weighted by atomic mass is 35.5. The average molecular weight is 297 g/mol. The normalized spacial score (nSPS) is 10.5. The number of nitrogens with two attached hydrogens (primary N) is 1. The number of thiazole rings is 1. The van der Waals surface area contributed by atoms with Gasteiger partial charge in [0.2, 0.25) is 5.91 Å². The van der Waals surface area contributed by atoms with Crippen molar-refractivity contribution in [2.75, 3.05) is 5.32 Å². The molecule has 0 aliphatic carbocycles. The number of nitrogens with zero attached hydrogens (tertiary/aromatic N) is 2. The van der Waals surface area contributed by atoms with Crippen LogP contribution in [-0.4, -0.2) is 15.9 Å². The number of halogens is 1. The van der Waals surface area contributed by atoms with Crippen LogP contribution in [0.1, 0.15) is 25.9 Å². The third-order valence-corrected chi connectivity index (χ3v) is 3.77. The Labute approximate surface area is 119 Å². The van der Waals surface area contributed by atoms with Gasteiger partial charge in [0.15, 0.2) is 0 Å². The van der Waals surface area contributed by atoms with Crippen LogP contribution in [0, 0.1) is 13.8 Å². The van der Waals surface area contributed by atoms with Crippen molar-refractivity contribution in [3.8, 4) is 0 Å². The zero-order valence-electron chi connectivity index (χ0n) is 10.5. The predicted molar refractivity (Wildman–Crippen MR) is 76.7 cm³/mol. The van der Waals surface area contributed by atoms with Gasteiger partial charge in [-0.15, -0.1) is 11.3 Å². The second-order valence-corrected chi connectivity index (χ2v) is 5.82. The molecule has 0 spiro atoms. The van der Waals surface area contributed by atoms with Crippen molar-refractivity contribution in [3.05, 3.63) is 38.4 Å². The highest BCUT2D eigenvalue weighted by Gasteiger charge is 2.09. The van der Waals surface area contributed by atoms with Gasteiger partial charge in [0.1, 0.15) is 5.82 Å². The van der Waals surface area contributed by atoms with Gasteiger partial charge >= 0.3 is 0 Å². The largest absolute Gasteiger partial charge is 0.366 e. The lowest BCUT2D eigenvalue weighted by Crippen LogP contribution is -2.12. The number of aromatic nitrogens is 2. The number of rotatable bonds is 4. The number of aryl methyl sites for hydroxylation is 2. The van der Waals surface area contributed by atoms with Crippen molar-refractivity contribution in [3.63, 3.8) is 0 Å². The number of hydrogen-bond donors (Lipinski definition) is 2. The Morgan fingerprint density at radius 2 is 2.26 bits per heavy atom. The number of primary amides is 1. The van der Waals surface area contributed by atoms with E-state index in [-0.39, 0.29) is 5.56 Å². The van der Waals surface area contributed by atoms with Gasteiger partial charge < -0.3 is 11.1 Å². The van der Waals surface area contributed by atoms with E-state index in [1.165, 1.54) is 12.3 Å². The molecule has 0 radical (unpaired) electrons. The molecule has 0 atom stereocenters. The smallest absolute Gasteiger partial charge is 0.250 e. The van der Waals surface area contributed by atoms with Gasteiger partial charge in [0, 0.05) is 11.1 Å². The number of anilines is 1. The van der Waals surface area contributed by atoms with E-state index in [0.717, 1.165) is 15.6 Å². The molecular formula is C12H13ClN4OS. The summed E-state index contributed by atoms with van der Waals surface area (Å²) in [4.78, 5) is 20.6. The van der Waals surface area contributed by atoms with Gasteiger partial charge in [-0.1, -0.05) is 11.6 Å². The molecule has 0 saturated carbocycles.